The van der Waals surface area contributed by atoms with Crippen molar-refractivity contribution in [2.75, 3.05) is 6.26 Å². The van der Waals surface area contributed by atoms with E-state index in [4.69, 9.17) is 20.4 Å². The topological polar surface area (TPSA) is 322 Å². The Balaban J connectivity index is 0.000000440. The average Bonchev–Trinajstić information content (AvgIpc) is 3.10. The maximum atomic E-state index is 11.1. The van der Waals surface area contributed by atoms with E-state index >= 15 is 0 Å². The summed E-state index contributed by atoms with van der Waals surface area (Å²) in [6.45, 7) is 0. The first-order valence-electron chi connectivity index (χ1n) is 13.4. The Hall–Kier alpha value is -6.37. The number of aromatic carboxylic acids is 4. The highest BCUT2D eigenvalue weighted by atomic mass is 33.1. The third kappa shape index (κ3) is 12.1. The molecule has 53 heavy (non-hydrogen) atoms. The minimum absolute atomic E-state index is 0. The Morgan fingerprint density at radius 3 is 1.06 bits per heavy atom. The second kappa shape index (κ2) is 19.3. The molecule has 0 unspecified atom stereocenters. The van der Waals surface area contributed by atoms with E-state index in [1.807, 2.05) is 0 Å². The van der Waals surface area contributed by atoms with Gasteiger partial charge in [0, 0.05) is 39.0 Å². The van der Waals surface area contributed by atoms with E-state index in [1.54, 1.807) is 6.26 Å². The molecule has 0 aliphatic carbocycles. The zero-order valence-electron chi connectivity index (χ0n) is 27.0. The molecule has 0 aliphatic heterocycles. The van der Waals surface area contributed by atoms with Crippen molar-refractivity contribution >= 4 is 92.6 Å². The van der Waals surface area contributed by atoms with Gasteiger partial charge >= 0.3 is 25.3 Å². The standard InChI is InChI=1S/C14H8N2O8S2.C8H7NO4S.C7H5NO4S/c17-13(18)9-5-7(1-3-11(9)15(21)22)25-26-8-2-4-12(16(23)24)10(6-8)14(19)20;1-14-5-2-3-7(9(12)13)6(4-5)8(10)11;9-7(10)5-3-4(13)1-2-6(5)8(11)12/h1-6H,(H,17,18)(H,19,20);2-4H,1H3,(H,10,11);1-3,13H,(H,9,10). The summed E-state index contributed by atoms with van der Waals surface area (Å²) < 4.78 is 0. The van der Waals surface area contributed by atoms with Crippen LogP contribution in [-0.4, -0.2) is 70.3 Å². The fraction of sp³-hybridized carbons (Fsp3) is 0.0345. The summed E-state index contributed by atoms with van der Waals surface area (Å²) in [5, 5.41) is 77.9. The van der Waals surface area contributed by atoms with Gasteiger partial charge in [0.15, 0.2) is 0 Å². The molecule has 0 saturated carbocycles. The lowest BCUT2D eigenvalue weighted by atomic mass is 10.2. The number of thioether (sulfide) groups is 1. The van der Waals surface area contributed by atoms with Crippen molar-refractivity contribution in [1.29, 1.82) is 0 Å². The van der Waals surface area contributed by atoms with Gasteiger partial charge < -0.3 is 33.1 Å². The molecule has 4 aromatic carbocycles. The molecule has 0 bridgehead atoms. The number of rotatable bonds is 12. The number of carboxylic acids is 4. The summed E-state index contributed by atoms with van der Waals surface area (Å²) >= 11 is 6.01. The number of nitro benzene ring substituents is 4. The second-order valence-electron chi connectivity index (χ2n) is 9.34. The zero-order chi connectivity index (χ0) is 40.2. The average molecular weight is 809 g/mol. The highest BCUT2D eigenvalue weighted by molar-refractivity contribution is 8.76. The molecule has 0 atom stereocenters. The van der Waals surface area contributed by atoms with Crippen LogP contribution in [0.25, 0.3) is 0 Å². The fourth-order valence-electron chi connectivity index (χ4n) is 3.71. The van der Waals surface area contributed by atoms with E-state index in [0.29, 0.717) is 14.7 Å². The van der Waals surface area contributed by atoms with Crippen LogP contribution < -0.4 is 0 Å². The Morgan fingerprint density at radius 2 is 0.774 bits per heavy atom. The Kier molecular flexibility index (Phi) is 15.6. The van der Waals surface area contributed by atoms with Crippen LogP contribution in [0.1, 0.15) is 42.9 Å². The molecule has 0 heterocycles. The largest absolute Gasteiger partial charge is 1.00 e. The molecular formula is C29H20N4O16S4. The van der Waals surface area contributed by atoms with Crippen LogP contribution in [0.5, 0.6) is 0 Å². The van der Waals surface area contributed by atoms with Crippen molar-refractivity contribution in [2.24, 2.45) is 0 Å². The van der Waals surface area contributed by atoms with E-state index in [2.05, 4.69) is 12.6 Å². The molecule has 4 N–H and O–H groups in total. The fourth-order valence-corrected chi connectivity index (χ4v) is 6.31. The van der Waals surface area contributed by atoms with Crippen molar-refractivity contribution in [3.8, 4) is 0 Å². The summed E-state index contributed by atoms with van der Waals surface area (Å²) in [6, 6.07) is 14.6. The summed E-state index contributed by atoms with van der Waals surface area (Å²) in [4.78, 5) is 84.6. The van der Waals surface area contributed by atoms with Gasteiger partial charge in [-0.2, -0.15) is 4.90 Å². The van der Waals surface area contributed by atoms with Gasteiger partial charge in [-0.1, -0.05) is 33.7 Å². The van der Waals surface area contributed by atoms with Crippen molar-refractivity contribution in [3.05, 3.63) is 136 Å². The molecule has 0 amide bonds. The number of hydrogen-bond acceptors (Lipinski definition) is 16. The van der Waals surface area contributed by atoms with Gasteiger partial charge in [0.25, 0.3) is 22.7 Å². The highest BCUT2D eigenvalue weighted by Crippen LogP contribution is 2.40. The highest BCUT2D eigenvalue weighted by Gasteiger charge is 2.23. The van der Waals surface area contributed by atoms with E-state index in [9.17, 15) is 59.6 Å². The number of nitrogens with zero attached hydrogens (tertiary/aromatic N) is 4. The summed E-state index contributed by atoms with van der Waals surface area (Å²) in [5.41, 5.74) is -3.52. The minimum atomic E-state index is -1.45. The third-order valence-corrected chi connectivity index (χ3v) is 9.41. The van der Waals surface area contributed by atoms with Crippen LogP contribution in [0.4, 0.5) is 22.7 Å². The Morgan fingerprint density at radius 1 is 0.509 bits per heavy atom. The van der Waals surface area contributed by atoms with Gasteiger partial charge in [-0.05, 0) is 42.7 Å². The number of carbonyl (C=O) groups is 4. The third-order valence-electron chi connectivity index (χ3n) is 6.05. The van der Waals surface area contributed by atoms with E-state index in [0.717, 1.165) is 58.0 Å². The zero-order valence-corrected chi connectivity index (χ0v) is 29.3. The quantitative estimate of drug-likeness (QED) is 0.0367. The minimum Gasteiger partial charge on any atom is -0.780 e. The molecule has 4 aromatic rings. The lowest BCUT2D eigenvalue weighted by Crippen LogP contribution is -2.02. The van der Waals surface area contributed by atoms with Crippen LogP contribution in [0.3, 0.4) is 0 Å². The van der Waals surface area contributed by atoms with Crippen molar-refractivity contribution in [2.45, 2.75) is 19.6 Å². The van der Waals surface area contributed by atoms with Crippen LogP contribution in [0, 0.1) is 40.5 Å². The predicted octanol–water partition coefficient (Wildman–Crippen LogP) is 7.03. The maximum absolute atomic E-state index is 11.1. The van der Waals surface area contributed by atoms with Gasteiger partial charge in [0.1, 0.15) is 22.3 Å². The molecular weight excluding hydrogens is 789 g/mol. The normalized spacial score (nSPS) is 9.98. The molecule has 4 rings (SSSR count). The maximum Gasteiger partial charge on any atom is 1.00 e. The number of benzene rings is 4. The van der Waals surface area contributed by atoms with Crippen molar-refractivity contribution in [1.82, 2.24) is 0 Å². The van der Waals surface area contributed by atoms with Crippen molar-refractivity contribution < 1.29 is 60.7 Å². The SMILES string of the molecule is CSc1ccc([N+](=O)[O-])c(C(=O)O)c1.O=C(O)c1cc(SSc2ccc([N+](=O)[O-])c(C(=O)O)c2)ccc1[N+](=O)[O-].O=C(O)c1cc([S-])ccc1[N+](=O)[O-].[H+]. The lowest BCUT2D eigenvalue weighted by molar-refractivity contribution is -0.385. The molecule has 0 radical (unpaired) electrons. The van der Waals surface area contributed by atoms with Gasteiger partial charge in [-0.3, -0.25) is 40.5 Å². The first kappa shape index (κ1) is 42.8. The summed E-state index contributed by atoms with van der Waals surface area (Å²) in [5.74, 6) is -5.54. The van der Waals surface area contributed by atoms with E-state index in [1.165, 1.54) is 48.2 Å². The predicted molar refractivity (Wildman–Crippen MR) is 190 cm³/mol. The van der Waals surface area contributed by atoms with Crippen LogP contribution >= 0.6 is 33.3 Å². The van der Waals surface area contributed by atoms with Crippen molar-refractivity contribution in [3.63, 3.8) is 0 Å². The van der Waals surface area contributed by atoms with Gasteiger partial charge in [0.05, 0.1) is 19.7 Å². The monoisotopic (exact) mass is 808 g/mol. The van der Waals surface area contributed by atoms with Crippen LogP contribution in [0.2, 0.25) is 0 Å². The molecule has 276 valence electrons. The van der Waals surface area contributed by atoms with Gasteiger partial charge in [-0.15, -0.1) is 11.8 Å². The Labute approximate surface area is 313 Å². The molecule has 0 spiro atoms. The number of carboxylic acid groups (broad SMARTS) is 4. The second-order valence-corrected chi connectivity index (χ2v) is 13.0. The van der Waals surface area contributed by atoms with Gasteiger partial charge in [-0.25, -0.2) is 19.2 Å². The summed E-state index contributed by atoms with van der Waals surface area (Å²) in [6.07, 6.45) is 1.77. The van der Waals surface area contributed by atoms with Crippen LogP contribution in [-0.2, 0) is 12.6 Å². The molecule has 0 aliphatic rings. The van der Waals surface area contributed by atoms with E-state index in [-0.39, 0.29) is 23.1 Å². The smallest absolute Gasteiger partial charge is 0.780 e. The van der Waals surface area contributed by atoms with Gasteiger partial charge in [0.2, 0.25) is 0 Å². The molecule has 0 aromatic heterocycles. The molecule has 0 saturated heterocycles. The summed E-state index contributed by atoms with van der Waals surface area (Å²) in [7, 11) is 2.06. The Bertz CT molecular complexity index is 2080. The lowest BCUT2D eigenvalue weighted by Gasteiger charge is -2.05. The number of hydrogen-bond donors (Lipinski definition) is 4. The molecule has 20 nitrogen and oxygen atoms in total. The number of nitro groups is 4. The molecule has 0 fully saturated rings. The van der Waals surface area contributed by atoms with Crippen LogP contribution in [0.15, 0.2) is 92.4 Å². The first-order valence-corrected chi connectivity index (χ1v) is 17.2. The van der Waals surface area contributed by atoms with E-state index < -0.39 is 71.8 Å². The molecule has 24 heteroatoms. The first-order chi connectivity index (χ1) is 24.8.